The Morgan fingerprint density at radius 1 is 1.07 bits per heavy atom. The minimum atomic E-state index is 0.676. The number of benzene rings is 1. The van der Waals surface area contributed by atoms with Gasteiger partial charge in [-0.1, -0.05) is 52.9 Å². The summed E-state index contributed by atoms with van der Waals surface area (Å²) in [5, 5.41) is 4.67. The van der Waals surface area contributed by atoms with Gasteiger partial charge in [0.25, 0.3) is 0 Å². The number of alkyl halides is 1. The molecule has 0 saturated carbocycles. The molecule has 2 nitrogen and oxygen atoms in total. The van der Waals surface area contributed by atoms with Crippen molar-refractivity contribution in [1.29, 1.82) is 0 Å². The zero-order valence-electron chi connectivity index (χ0n) is 7.51. The van der Waals surface area contributed by atoms with E-state index >= 15 is 0 Å². The van der Waals surface area contributed by atoms with E-state index in [4.69, 9.17) is 4.52 Å². The Morgan fingerprint density at radius 2 is 1.73 bits per heavy atom. The van der Waals surface area contributed by atoms with E-state index in [0.717, 1.165) is 26.0 Å². The fraction of sp³-hybridized carbons (Fsp3) is 0.100. The summed E-state index contributed by atoms with van der Waals surface area (Å²) in [4.78, 5) is 0. The molecule has 0 aliphatic carbocycles. The zero-order valence-corrected chi connectivity index (χ0v) is 12.3. The maximum atomic E-state index is 5.12. The monoisotopic (exact) mass is 393 g/mol. The van der Waals surface area contributed by atoms with Gasteiger partial charge < -0.3 is 4.52 Å². The molecular formula is C10H6Br3NO. The van der Waals surface area contributed by atoms with Crippen LogP contribution in [0.15, 0.2) is 37.7 Å². The standard InChI is InChI=1S/C10H6Br3NO/c11-5-9-4-10(14-15-9)6-1-7(12)3-8(13)2-6/h1-4H,5H2. The fourth-order valence-corrected chi connectivity index (χ4v) is 2.77. The molecule has 5 heteroatoms. The van der Waals surface area contributed by atoms with Crippen molar-refractivity contribution >= 4 is 47.8 Å². The van der Waals surface area contributed by atoms with E-state index in [1.54, 1.807) is 0 Å². The summed E-state index contributed by atoms with van der Waals surface area (Å²) < 4.78 is 7.14. The van der Waals surface area contributed by atoms with Crippen LogP contribution in [0.4, 0.5) is 0 Å². The number of nitrogens with zero attached hydrogens (tertiary/aromatic N) is 1. The van der Waals surface area contributed by atoms with E-state index in [2.05, 4.69) is 52.9 Å². The number of halogens is 3. The lowest BCUT2D eigenvalue weighted by atomic mass is 10.1. The van der Waals surface area contributed by atoms with Gasteiger partial charge in [-0.3, -0.25) is 0 Å². The highest BCUT2D eigenvalue weighted by Gasteiger charge is 2.06. The molecule has 2 aromatic rings. The van der Waals surface area contributed by atoms with Crippen LogP contribution in [0.5, 0.6) is 0 Å². The average Bonchev–Trinajstić information content (AvgIpc) is 2.64. The van der Waals surface area contributed by atoms with E-state index in [1.807, 2.05) is 24.3 Å². The summed E-state index contributed by atoms with van der Waals surface area (Å²) in [6, 6.07) is 7.90. The van der Waals surface area contributed by atoms with Crippen molar-refractivity contribution in [2.75, 3.05) is 0 Å². The van der Waals surface area contributed by atoms with Crippen molar-refractivity contribution in [3.63, 3.8) is 0 Å². The van der Waals surface area contributed by atoms with Crippen molar-refractivity contribution in [2.45, 2.75) is 5.33 Å². The molecule has 0 fully saturated rings. The van der Waals surface area contributed by atoms with Crippen molar-refractivity contribution in [1.82, 2.24) is 5.16 Å². The summed E-state index contributed by atoms with van der Waals surface area (Å²) in [5.74, 6) is 0.820. The van der Waals surface area contributed by atoms with Crippen molar-refractivity contribution < 1.29 is 4.52 Å². The molecule has 0 radical (unpaired) electrons. The second-order valence-corrected chi connectivity index (χ2v) is 5.36. The van der Waals surface area contributed by atoms with Gasteiger partial charge in [-0.15, -0.1) is 0 Å². The van der Waals surface area contributed by atoms with E-state index in [1.165, 1.54) is 0 Å². The van der Waals surface area contributed by atoms with Gasteiger partial charge in [-0.2, -0.15) is 0 Å². The first-order chi connectivity index (χ1) is 7.19. The molecule has 0 unspecified atom stereocenters. The Kier molecular flexibility index (Phi) is 3.64. The van der Waals surface area contributed by atoms with Crippen LogP contribution in [0.3, 0.4) is 0 Å². The molecule has 0 saturated heterocycles. The van der Waals surface area contributed by atoms with Gasteiger partial charge >= 0.3 is 0 Å². The van der Waals surface area contributed by atoms with E-state index in [-0.39, 0.29) is 0 Å². The normalized spacial score (nSPS) is 10.6. The summed E-state index contributed by atoms with van der Waals surface area (Å²) in [5.41, 5.74) is 1.86. The molecule has 0 N–H and O–H groups in total. The van der Waals surface area contributed by atoms with Gasteiger partial charge in [-0.05, 0) is 18.2 Å². The van der Waals surface area contributed by atoms with E-state index in [9.17, 15) is 0 Å². The Morgan fingerprint density at radius 3 is 2.27 bits per heavy atom. The molecule has 0 spiro atoms. The quantitative estimate of drug-likeness (QED) is 0.685. The lowest BCUT2D eigenvalue weighted by Gasteiger charge is -1.98. The van der Waals surface area contributed by atoms with Crippen LogP contribution in [-0.2, 0) is 5.33 Å². The first-order valence-electron chi connectivity index (χ1n) is 4.17. The topological polar surface area (TPSA) is 26.0 Å². The van der Waals surface area contributed by atoms with Gasteiger partial charge in [0.1, 0.15) is 11.5 Å². The van der Waals surface area contributed by atoms with Crippen LogP contribution in [0, 0.1) is 0 Å². The third kappa shape index (κ3) is 2.71. The van der Waals surface area contributed by atoms with Crippen LogP contribution < -0.4 is 0 Å². The lowest BCUT2D eigenvalue weighted by Crippen LogP contribution is -1.77. The highest BCUT2D eigenvalue weighted by molar-refractivity contribution is 9.11. The molecule has 1 heterocycles. The van der Waals surface area contributed by atoms with E-state index < -0.39 is 0 Å². The first-order valence-corrected chi connectivity index (χ1v) is 6.88. The van der Waals surface area contributed by atoms with Crippen LogP contribution >= 0.6 is 47.8 Å². The van der Waals surface area contributed by atoms with Crippen molar-refractivity contribution in [3.8, 4) is 11.3 Å². The largest absolute Gasteiger partial charge is 0.360 e. The van der Waals surface area contributed by atoms with Crippen molar-refractivity contribution in [3.05, 3.63) is 39.0 Å². The molecule has 78 valence electrons. The molecule has 15 heavy (non-hydrogen) atoms. The zero-order chi connectivity index (χ0) is 10.8. The molecule has 2 rings (SSSR count). The predicted molar refractivity (Wildman–Crippen MR) is 70.0 cm³/mol. The van der Waals surface area contributed by atoms with Gasteiger partial charge in [-0.25, -0.2) is 0 Å². The average molecular weight is 396 g/mol. The van der Waals surface area contributed by atoms with E-state index in [0.29, 0.717) is 5.33 Å². The van der Waals surface area contributed by atoms with Gasteiger partial charge in [0.2, 0.25) is 0 Å². The number of aromatic nitrogens is 1. The van der Waals surface area contributed by atoms with Gasteiger partial charge in [0.05, 0.1) is 5.33 Å². The number of hydrogen-bond acceptors (Lipinski definition) is 2. The minimum absolute atomic E-state index is 0.676. The summed E-state index contributed by atoms with van der Waals surface area (Å²) in [7, 11) is 0. The molecule has 0 atom stereocenters. The third-order valence-corrected chi connectivity index (χ3v) is 3.32. The number of hydrogen-bond donors (Lipinski definition) is 0. The highest BCUT2D eigenvalue weighted by Crippen LogP contribution is 2.27. The third-order valence-electron chi connectivity index (χ3n) is 1.85. The fourth-order valence-electron chi connectivity index (χ4n) is 1.21. The highest BCUT2D eigenvalue weighted by atomic mass is 79.9. The molecule has 1 aromatic carbocycles. The molecule has 0 aliphatic rings. The molecule has 0 bridgehead atoms. The maximum Gasteiger partial charge on any atom is 0.147 e. The van der Waals surface area contributed by atoms with Crippen LogP contribution in [0.25, 0.3) is 11.3 Å². The van der Waals surface area contributed by atoms with Gasteiger partial charge in [0.15, 0.2) is 0 Å². The Hall–Kier alpha value is -0.130. The lowest BCUT2D eigenvalue weighted by molar-refractivity contribution is 0.398. The Bertz CT molecular complexity index is 461. The summed E-state index contributed by atoms with van der Waals surface area (Å²) >= 11 is 10.2. The second kappa shape index (κ2) is 4.80. The molecule has 0 aliphatic heterocycles. The summed E-state index contributed by atoms with van der Waals surface area (Å²) in [6.07, 6.45) is 0. The van der Waals surface area contributed by atoms with Crippen LogP contribution in [-0.4, -0.2) is 5.16 Å². The van der Waals surface area contributed by atoms with Gasteiger partial charge in [0, 0.05) is 20.6 Å². The summed E-state index contributed by atoms with van der Waals surface area (Å²) in [6.45, 7) is 0. The molecule has 0 amide bonds. The van der Waals surface area contributed by atoms with Crippen LogP contribution in [0.2, 0.25) is 0 Å². The first kappa shape index (κ1) is 11.4. The predicted octanol–water partition coefficient (Wildman–Crippen LogP) is 4.76. The SMILES string of the molecule is BrCc1cc(-c2cc(Br)cc(Br)c2)no1. The van der Waals surface area contributed by atoms with Crippen LogP contribution in [0.1, 0.15) is 5.76 Å². The smallest absolute Gasteiger partial charge is 0.147 e. The maximum absolute atomic E-state index is 5.12. The van der Waals surface area contributed by atoms with Crippen molar-refractivity contribution in [2.24, 2.45) is 0 Å². The Labute approximate surface area is 112 Å². The number of rotatable bonds is 2. The second-order valence-electron chi connectivity index (χ2n) is 2.97. The Balaban J connectivity index is 2.44. The minimum Gasteiger partial charge on any atom is -0.360 e. The molecular weight excluding hydrogens is 390 g/mol. The molecule has 1 aromatic heterocycles.